The molecule has 0 saturated carbocycles. The monoisotopic (exact) mass is 169 g/mol. The Morgan fingerprint density at radius 3 is 2.75 bits per heavy atom. The third-order valence-corrected chi connectivity index (χ3v) is 1.69. The third kappa shape index (κ3) is 3.35. The van der Waals surface area contributed by atoms with Gasteiger partial charge in [0.1, 0.15) is 0 Å². The maximum atomic E-state index is 11.3. The van der Waals surface area contributed by atoms with Gasteiger partial charge in [-0.1, -0.05) is 6.92 Å². The van der Waals surface area contributed by atoms with Gasteiger partial charge in [-0.2, -0.15) is 5.26 Å². The molecule has 0 fully saturated rings. The Kier molecular flexibility index (Phi) is 5.06. The van der Waals surface area contributed by atoms with Crippen LogP contribution >= 0.6 is 0 Å². The minimum atomic E-state index is -0.423. The van der Waals surface area contributed by atoms with Crippen LogP contribution in [0.2, 0.25) is 0 Å². The lowest BCUT2D eigenvalue weighted by molar-refractivity contribution is -0.131. The van der Waals surface area contributed by atoms with Crippen LogP contribution in [-0.4, -0.2) is 30.4 Å². The summed E-state index contributed by atoms with van der Waals surface area (Å²) in [5.74, 6) is -0.0900. The highest BCUT2D eigenvalue weighted by Gasteiger charge is 2.14. The maximum Gasteiger partial charge on any atom is 0.239 e. The van der Waals surface area contributed by atoms with E-state index in [0.717, 1.165) is 0 Å². The summed E-state index contributed by atoms with van der Waals surface area (Å²) in [6, 6.07) is 1.55. The van der Waals surface area contributed by atoms with Crippen molar-refractivity contribution in [1.29, 1.82) is 5.26 Å². The number of carbonyl (C=O) groups is 1. The molecule has 2 N–H and O–H groups in total. The number of likely N-dealkylation sites (N-methyl/N-ethyl adjacent to an activating group) is 1. The zero-order chi connectivity index (χ0) is 9.56. The Labute approximate surface area is 72.9 Å². The van der Waals surface area contributed by atoms with E-state index in [0.29, 0.717) is 19.4 Å². The Morgan fingerprint density at radius 2 is 2.33 bits per heavy atom. The molecule has 4 nitrogen and oxygen atoms in total. The van der Waals surface area contributed by atoms with Crippen molar-refractivity contribution in [3.63, 3.8) is 0 Å². The highest BCUT2D eigenvalue weighted by atomic mass is 16.2. The van der Waals surface area contributed by atoms with E-state index in [1.54, 1.807) is 7.05 Å². The van der Waals surface area contributed by atoms with Crippen LogP contribution in [0.15, 0.2) is 0 Å². The molecular formula is C8H15N3O. The van der Waals surface area contributed by atoms with Crippen LogP contribution in [0.3, 0.4) is 0 Å². The molecule has 0 radical (unpaired) electrons. The molecule has 1 atom stereocenters. The topological polar surface area (TPSA) is 70.1 Å². The van der Waals surface area contributed by atoms with Gasteiger partial charge in [-0.05, 0) is 6.42 Å². The molecule has 0 aromatic rings. The van der Waals surface area contributed by atoms with Gasteiger partial charge >= 0.3 is 0 Å². The third-order valence-electron chi connectivity index (χ3n) is 1.69. The quantitative estimate of drug-likeness (QED) is 0.648. The van der Waals surface area contributed by atoms with Crippen LogP contribution in [-0.2, 0) is 4.79 Å². The van der Waals surface area contributed by atoms with Crippen molar-refractivity contribution in [2.24, 2.45) is 5.73 Å². The zero-order valence-corrected chi connectivity index (χ0v) is 7.58. The molecule has 0 aliphatic rings. The Morgan fingerprint density at radius 1 is 1.75 bits per heavy atom. The van der Waals surface area contributed by atoms with E-state index >= 15 is 0 Å². The van der Waals surface area contributed by atoms with Gasteiger partial charge in [-0.25, -0.2) is 0 Å². The van der Waals surface area contributed by atoms with Gasteiger partial charge in [0, 0.05) is 13.6 Å². The van der Waals surface area contributed by atoms with Crippen molar-refractivity contribution in [1.82, 2.24) is 4.90 Å². The predicted molar refractivity (Wildman–Crippen MR) is 46.1 cm³/mol. The van der Waals surface area contributed by atoms with Crippen LogP contribution in [0, 0.1) is 11.3 Å². The normalized spacial score (nSPS) is 11.8. The SMILES string of the molecule is CC[C@@H](N)C(=O)N(C)CCC#N. The average molecular weight is 169 g/mol. The van der Waals surface area contributed by atoms with Gasteiger partial charge in [0.15, 0.2) is 0 Å². The molecule has 0 aromatic carbocycles. The predicted octanol–water partition coefficient (Wildman–Crippen LogP) is 0.0958. The van der Waals surface area contributed by atoms with E-state index < -0.39 is 6.04 Å². The first kappa shape index (κ1) is 10.9. The second-order valence-electron chi connectivity index (χ2n) is 2.68. The van der Waals surface area contributed by atoms with E-state index in [9.17, 15) is 4.79 Å². The first-order valence-corrected chi connectivity index (χ1v) is 4.01. The Bertz CT molecular complexity index is 185. The van der Waals surface area contributed by atoms with E-state index in [1.165, 1.54) is 4.90 Å². The van der Waals surface area contributed by atoms with Gasteiger partial charge in [-0.15, -0.1) is 0 Å². The molecule has 0 rings (SSSR count). The molecule has 0 aromatic heterocycles. The number of nitrogens with zero attached hydrogens (tertiary/aromatic N) is 2. The number of rotatable bonds is 4. The van der Waals surface area contributed by atoms with E-state index in [4.69, 9.17) is 11.0 Å². The van der Waals surface area contributed by atoms with Gasteiger partial charge in [0.2, 0.25) is 5.91 Å². The second-order valence-corrected chi connectivity index (χ2v) is 2.68. The average Bonchev–Trinajstić information content (AvgIpc) is 2.11. The number of nitrogens with two attached hydrogens (primary N) is 1. The second kappa shape index (κ2) is 5.56. The summed E-state index contributed by atoms with van der Waals surface area (Å²) in [5.41, 5.74) is 5.52. The molecule has 4 heteroatoms. The molecule has 1 amide bonds. The Balaban J connectivity index is 3.85. The van der Waals surface area contributed by atoms with E-state index in [-0.39, 0.29) is 5.91 Å². The molecule has 0 aliphatic heterocycles. The molecule has 0 bridgehead atoms. The highest BCUT2D eigenvalue weighted by molar-refractivity contribution is 5.81. The number of hydrogen-bond acceptors (Lipinski definition) is 3. The van der Waals surface area contributed by atoms with Crippen LogP contribution in [0.4, 0.5) is 0 Å². The minimum absolute atomic E-state index is 0.0900. The lowest BCUT2D eigenvalue weighted by atomic mass is 10.2. The summed E-state index contributed by atoms with van der Waals surface area (Å²) in [4.78, 5) is 12.8. The van der Waals surface area contributed by atoms with Crippen molar-refractivity contribution in [3.05, 3.63) is 0 Å². The molecule has 0 aliphatic carbocycles. The summed E-state index contributed by atoms with van der Waals surface area (Å²) in [7, 11) is 1.66. The lowest BCUT2D eigenvalue weighted by Gasteiger charge is -2.18. The van der Waals surface area contributed by atoms with Crippen LogP contribution in [0.25, 0.3) is 0 Å². The van der Waals surface area contributed by atoms with Crippen molar-refractivity contribution in [2.75, 3.05) is 13.6 Å². The smallest absolute Gasteiger partial charge is 0.239 e. The number of hydrogen-bond donors (Lipinski definition) is 1. The van der Waals surface area contributed by atoms with Crippen LogP contribution in [0.5, 0.6) is 0 Å². The fraction of sp³-hybridized carbons (Fsp3) is 0.750. The highest BCUT2D eigenvalue weighted by Crippen LogP contribution is 1.94. The maximum absolute atomic E-state index is 11.3. The van der Waals surface area contributed by atoms with E-state index in [2.05, 4.69) is 0 Å². The number of nitriles is 1. The van der Waals surface area contributed by atoms with Gasteiger partial charge in [0.25, 0.3) is 0 Å². The van der Waals surface area contributed by atoms with Crippen molar-refractivity contribution in [2.45, 2.75) is 25.8 Å². The van der Waals surface area contributed by atoms with Crippen molar-refractivity contribution < 1.29 is 4.79 Å². The molecule has 12 heavy (non-hydrogen) atoms. The fourth-order valence-electron chi connectivity index (χ4n) is 0.786. The first-order valence-electron chi connectivity index (χ1n) is 4.01. The molecule has 0 heterocycles. The molecule has 0 saturated heterocycles. The van der Waals surface area contributed by atoms with Gasteiger partial charge in [0.05, 0.1) is 18.5 Å². The number of amides is 1. The van der Waals surface area contributed by atoms with Crippen molar-refractivity contribution in [3.8, 4) is 6.07 Å². The summed E-state index contributed by atoms with van der Waals surface area (Å²) in [5, 5.41) is 8.27. The van der Waals surface area contributed by atoms with Crippen LogP contribution in [0.1, 0.15) is 19.8 Å². The lowest BCUT2D eigenvalue weighted by Crippen LogP contribution is -2.41. The minimum Gasteiger partial charge on any atom is -0.343 e. The van der Waals surface area contributed by atoms with Gasteiger partial charge in [-0.3, -0.25) is 4.79 Å². The van der Waals surface area contributed by atoms with Crippen LogP contribution < -0.4 is 5.73 Å². The van der Waals surface area contributed by atoms with Crippen molar-refractivity contribution >= 4 is 5.91 Å². The summed E-state index contributed by atoms with van der Waals surface area (Å²) >= 11 is 0. The van der Waals surface area contributed by atoms with E-state index in [1.807, 2.05) is 13.0 Å². The standard InChI is InChI=1S/C8H15N3O/c1-3-7(10)8(12)11(2)6-4-5-9/h7H,3-4,6,10H2,1-2H3/t7-/m1/s1. The summed E-state index contributed by atoms with van der Waals surface area (Å²) in [6.07, 6.45) is 0.994. The van der Waals surface area contributed by atoms with Gasteiger partial charge < -0.3 is 10.6 Å². The zero-order valence-electron chi connectivity index (χ0n) is 7.58. The molecular weight excluding hydrogens is 154 g/mol. The number of carbonyl (C=O) groups excluding carboxylic acids is 1. The summed E-state index contributed by atoms with van der Waals surface area (Å²) < 4.78 is 0. The first-order chi connectivity index (χ1) is 5.63. The largest absolute Gasteiger partial charge is 0.343 e. The molecule has 0 spiro atoms. The summed E-state index contributed by atoms with van der Waals surface area (Å²) in [6.45, 7) is 2.32. The molecule has 68 valence electrons. The Hall–Kier alpha value is -1.08. The fourth-order valence-corrected chi connectivity index (χ4v) is 0.786. The molecule has 0 unspecified atom stereocenters.